The Morgan fingerprint density at radius 2 is 2.04 bits per heavy atom. The number of halogens is 3. The van der Waals surface area contributed by atoms with Gasteiger partial charge in [-0.25, -0.2) is 14.3 Å². The molecule has 0 bridgehead atoms. The molecule has 1 spiro atoms. The van der Waals surface area contributed by atoms with E-state index in [9.17, 15) is 23.1 Å². The number of alkyl halides is 3. The van der Waals surface area contributed by atoms with Gasteiger partial charge in [-0.3, -0.25) is 0 Å². The minimum atomic E-state index is -4.28. The quantitative estimate of drug-likeness (QED) is 0.880. The molecule has 1 N–H and O–H groups in total. The van der Waals surface area contributed by atoms with Crippen LogP contribution in [0.5, 0.6) is 0 Å². The predicted octanol–water partition coefficient (Wildman–Crippen LogP) is 2.41. The van der Waals surface area contributed by atoms with E-state index in [1.165, 1.54) is 28.0 Å². The highest BCUT2D eigenvalue weighted by Crippen LogP contribution is 2.41. The second kappa shape index (κ2) is 5.75. The Kier molecular flexibility index (Phi) is 3.74. The van der Waals surface area contributed by atoms with Crippen molar-refractivity contribution in [3.8, 4) is 0 Å². The van der Waals surface area contributed by atoms with Crippen LogP contribution in [0, 0.1) is 5.41 Å². The van der Waals surface area contributed by atoms with Gasteiger partial charge in [0.15, 0.2) is 5.82 Å². The Morgan fingerprint density at radius 1 is 1.27 bits per heavy atom. The van der Waals surface area contributed by atoms with Crippen LogP contribution < -0.4 is 4.90 Å². The fraction of sp³-hybridized carbons (Fsp3) is 0.562. The van der Waals surface area contributed by atoms with Crippen LogP contribution in [0.3, 0.4) is 0 Å². The molecule has 1 unspecified atom stereocenters. The van der Waals surface area contributed by atoms with Gasteiger partial charge in [-0.15, -0.1) is 0 Å². The van der Waals surface area contributed by atoms with Gasteiger partial charge in [0.1, 0.15) is 11.8 Å². The smallest absolute Gasteiger partial charge is 0.407 e. The highest BCUT2D eigenvalue weighted by Gasteiger charge is 2.45. The van der Waals surface area contributed by atoms with E-state index in [1.807, 2.05) is 4.90 Å². The van der Waals surface area contributed by atoms with E-state index in [0.717, 1.165) is 12.8 Å². The summed E-state index contributed by atoms with van der Waals surface area (Å²) in [5.41, 5.74) is 0.574. The van der Waals surface area contributed by atoms with Crippen molar-refractivity contribution in [2.24, 2.45) is 5.41 Å². The largest absolute Gasteiger partial charge is 0.465 e. The van der Waals surface area contributed by atoms with Crippen molar-refractivity contribution in [3.63, 3.8) is 0 Å². The molecule has 0 radical (unpaired) electrons. The Morgan fingerprint density at radius 3 is 2.73 bits per heavy atom. The molecule has 0 aliphatic carbocycles. The van der Waals surface area contributed by atoms with Gasteiger partial charge in [0.2, 0.25) is 0 Å². The zero-order valence-corrected chi connectivity index (χ0v) is 13.9. The maximum Gasteiger partial charge on any atom is 0.407 e. The van der Waals surface area contributed by atoms with E-state index in [1.54, 1.807) is 0 Å². The Bertz CT molecular complexity index is 852. The normalized spacial score (nSPS) is 23.5. The minimum Gasteiger partial charge on any atom is -0.465 e. The predicted molar refractivity (Wildman–Crippen MR) is 86.2 cm³/mol. The number of carbonyl (C=O) groups is 1. The van der Waals surface area contributed by atoms with Crippen molar-refractivity contribution >= 4 is 17.4 Å². The van der Waals surface area contributed by atoms with Crippen LogP contribution >= 0.6 is 0 Å². The lowest BCUT2D eigenvalue weighted by Gasteiger charge is -2.24. The van der Waals surface area contributed by atoms with Crippen LogP contribution in [-0.2, 0) is 6.42 Å². The summed E-state index contributed by atoms with van der Waals surface area (Å²) in [7, 11) is 0. The molecule has 1 amide bonds. The molecule has 2 saturated heterocycles. The zero-order valence-electron chi connectivity index (χ0n) is 13.9. The number of hydrogen-bond acceptors (Lipinski definition) is 4. The van der Waals surface area contributed by atoms with E-state index in [-0.39, 0.29) is 11.0 Å². The summed E-state index contributed by atoms with van der Waals surface area (Å²) in [5.74, 6) is 0.596. The molecule has 0 saturated carbocycles. The summed E-state index contributed by atoms with van der Waals surface area (Å²) in [6.07, 6.45) is -1.85. The van der Waals surface area contributed by atoms with Crippen LogP contribution in [0.2, 0.25) is 0 Å². The number of rotatable bonds is 2. The summed E-state index contributed by atoms with van der Waals surface area (Å²) < 4.78 is 39.4. The maximum absolute atomic E-state index is 12.7. The zero-order chi connectivity index (χ0) is 18.5. The highest BCUT2D eigenvalue weighted by molar-refractivity contribution is 5.70. The van der Waals surface area contributed by atoms with Crippen LogP contribution in [0.1, 0.15) is 18.4 Å². The van der Waals surface area contributed by atoms with Gasteiger partial charge in [-0.1, -0.05) is 0 Å². The molecule has 7 nitrogen and oxygen atoms in total. The molecule has 10 heteroatoms. The van der Waals surface area contributed by atoms with Crippen molar-refractivity contribution in [1.82, 2.24) is 19.5 Å². The first-order valence-corrected chi connectivity index (χ1v) is 8.37. The van der Waals surface area contributed by atoms with Crippen molar-refractivity contribution in [2.45, 2.75) is 25.4 Å². The average Bonchev–Trinajstić information content (AvgIpc) is 3.24. The van der Waals surface area contributed by atoms with E-state index >= 15 is 0 Å². The summed E-state index contributed by atoms with van der Waals surface area (Å²) in [5, 5.41) is 13.2. The van der Waals surface area contributed by atoms with Gasteiger partial charge in [0, 0.05) is 37.8 Å². The molecular weight excluding hydrogens is 351 g/mol. The molecule has 2 fully saturated rings. The van der Waals surface area contributed by atoms with E-state index in [4.69, 9.17) is 0 Å². The lowest BCUT2D eigenvalue weighted by Crippen LogP contribution is -2.33. The van der Waals surface area contributed by atoms with Crippen molar-refractivity contribution in [2.75, 3.05) is 31.1 Å². The second-order valence-corrected chi connectivity index (χ2v) is 7.18. The third-order valence-corrected chi connectivity index (χ3v) is 5.29. The number of carboxylic acid groups (broad SMARTS) is 1. The van der Waals surface area contributed by atoms with E-state index in [2.05, 4.69) is 10.1 Å². The third-order valence-electron chi connectivity index (χ3n) is 5.29. The Labute approximate surface area is 147 Å². The van der Waals surface area contributed by atoms with Gasteiger partial charge in [0.05, 0.1) is 6.42 Å². The fourth-order valence-corrected chi connectivity index (χ4v) is 4.09. The SMILES string of the molecule is O=C(O)N1CCC2(CCN(c3ncnn4cc(CC(F)(F)F)cc34)C2)C1. The molecule has 4 heterocycles. The Balaban J connectivity index is 1.59. The molecule has 0 aromatic carbocycles. The minimum absolute atomic E-state index is 0.109. The first-order valence-electron chi connectivity index (χ1n) is 8.37. The summed E-state index contributed by atoms with van der Waals surface area (Å²) in [6, 6.07) is 1.48. The number of amides is 1. The second-order valence-electron chi connectivity index (χ2n) is 7.18. The number of nitrogens with zero attached hydrogens (tertiary/aromatic N) is 5. The molecule has 26 heavy (non-hydrogen) atoms. The first kappa shape index (κ1) is 16.9. The van der Waals surface area contributed by atoms with Crippen LogP contribution in [0.15, 0.2) is 18.6 Å². The van der Waals surface area contributed by atoms with Gasteiger partial charge >= 0.3 is 12.3 Å². The van der Waals surface area contributed by atoms with Crippen LogP contribution in [0.25, 0.3) is 5.52 Å². The molecular formula is C16H18F3N5O2. The molecule has 2 aromatic heterocycles. The lowest BCUT2D eigenvalue weighted by molar-refractivity contribution is -0.127. The summed E-state index contributed by atoms with van der Waals surface area (Å²) in [6.45, 7) is 2.34. The average molecular weight is 369 g/mol. The number of anilines is 1. The molecule has 2 aliphatic rings. The van der Waals surface area contributed by atoms with Crippen LogP contribution in [0.4, 0.5) is 23.8 Å². The van der Waals surface area contributed by atoms with Gasteiger partial charge < -0.3 is 14.9 Å². The standard InChI is InChI=1S/C16H18F3N5O2/c17-16(18,19)6-11-5-12-13(20-10-21-24(12)7-11)22-3-1-15(8-22)2-4-23(9-15)14(25)26/h5,7,10H,1-4,6,8-9H2,(H,25,26). The molecule has 140 valence electrons. The monoisotopic (exact) mass is 369 g/mol. The van der Waals surface area contributed by atoms with Gasteiger partial charge in [-0.05, 0) is 24.5 Å². The van der Waals surface area contributed by atoms with Crippen molar-refractivity contribution in [1.29, 1.82) is 0 Å². The van der Waals surface area contributed by atoms with Gasteiger partial charge in [0.25, 0.3) is 0 Å². The molecule has 4 rings (SSSR count). The summed E-state index contributed by atoms with van der Waals surface area (Å²) in [4.78, 5) is 18.9. The van der Waals surface area contributed by atoms with Gasteiger partial charge in [-0.2, -0.15) is 18.3 Å². The van der Waals surface area contributed by atoms with E-state index in [0.29, 0.717) is 37.5 Å². The number of likely N-dealkylation sites (tertiary alicyclic amines) is 1. The third kappa shape index (κ3) is 3.04. The number of hydrogen-bond donors (Lipinski definition) is 1. The lowest BCUT2D eigenvalue weighted by atomic mass is 9.86. The first-order chi connectivity index (χ1) is 12.2. The topological polar surface area (TPSA) is 74.0 Å². The van der Waals surface area contributed by atoms with Crippen molar-refractivity contribution in [3.05, 3.63) is 24.2 Å². The fourth-order valence-electron chi connectivity index (χ4n) is 4.09. The molecule has 1 atom stereocenters. The summed E-state index contributed by atoms with van der Waals surface area (Å²) >= 11 is 0. The highest BCUT2D eigenvalue weighted by atomic mass is 19.4. The number of fused-ring (bicyclic) bond motifs is 1. The Hall–Kier alpha value is -2.52. The maximum atomic E-state index is 12.7. The van der Waals surface area contributed by atoms with E-state index < -0.39 is 18.7 Å². The molecule has 2 aromatic rings. The van der Waals surface area contributed by atoms with Crippen LogP contribution in [-0.4, -0.2) is 63.1 Å². The molecule has 2 aliphatic heterocycles. The number of aromatic nitrogens is 3. The van der Waals surface area contributed by atoms with Crippen molar-refractivity contribution < 1.29 is 23.1 Å².